The van der Waals surface area contributed by atoms with Gasteiger partial charge in [-0.2, -0.15) is 10.2 Å². The number of nitrogens with zero attached hydrogens (tertiary/aromatic N) is 5. The maximum atomic E-state index is 12.3. The third-order valence-corrected chi connectivity index (χ3v) is 3.59. The molecule has 118 valence electrons. The van der Waals surface area contributed by atoms with Gasteiger partial charge in [0.1, 0.15) is 5.15 Å². The Hall–Kier alpha value is -2.35. The van der Waals surface area contributed by atoms with Crippen LogP contribution in [0.5, 0.6) is 0 Å². The molecule has 0 unspecified atom stereocenters. The standard InChI is InChI=1S/C13H17ClN6O2/c1-7-10(11(17-19(7)4)13(22)18(2)3)15-12(21)8-6-9(14)20(5)16-8/h6H,1-5H3,(H,15,21). The number of anilines is 1. The maximum absolute atomic E-state index is 12.3. The Morgan fingerprint density at radius 1 is 1.23 bits per heavy atom. The lowest BCUT2D eigenvalue weighted by atomic mass is 10.2. The van der Waals surface area contributed by atoms with Crippen LogP contribution in [0.1, 0.15) is 26.7 Å². The van der Waals surface area contributed by atoms with Crippen LogP contribution in [0.4, 0.5) is 5.69 Å². The Morgan fingerprint density at radius 3 is 2.36 bits per heavy atom. The zero-order valence-electron chi connectivity index (χ0n) is 13.0. The zero-order chi connectivity index (χ0) is 16.6. The van der Waals surface area contributed by atoms with Gasteiger partial charge in [0.25, 0.3) is 11.8 Å². The first-order valence-electron chi connectivity index (χ1n) is 6.48. The zero-order valence-corrected chi connectivity index (χ0v) is 13.8. The first kappa shape index (κ1) is 16.0. The van der Waals surface area contributed by atoms with Crippen LogP contribution in [0.15, 0.2) is 6.07 Å². The monoisotopic (exact) mass is 324 g/mol. The predicted octanol–water partition coefficient (Wildman–Crippen LogP) is 1.07. The first-order chi connectivity index (χ1) is 10.2. The number of halogens is 1. The van der Waals surface area contributed by atoms with Crippen molar-refractivity contribution in [2.45, 2.75) is 6.92 Å². The Balaban J connectivity index is 2.36. The van der Waals surface area contributed by atoms with Crippen molar-refractivity contribution in [3.8, 4) is 0 Å². The van der Waals surface area contributed by atoms with Gasteiger partial charge in [-0.3, -0.25) is 19.0 Å². The molecule has 0 aliphatic heterocycles. The second-order valence-electron chi connectivity index (χ2n) is 5.06. The average molecular weight is 325 g/mol. The lowest BCUT2D eigenvalue weighted by Gasteiger charge is -2.10. The number of carbonyl (C=O) groups excluding carboxylic acids is 2. The van der Waals surface area contributed by atoms with Crippen LogP contribution in [0.25, 0.3) is 0 Å². The number of aryl methyl sites for hydroxylation is 2. The third kappa shape index (κ3) is 2.82. The van der Waals surface area contributed by atoms with E-state index in [0.717, 1.165) is 0 Å². The van der Waals surface area contributed by atoms with Crippen LogP contribution in [0, 0.1) is 6.92 Å². The van der Waals surface area contributed by atoms with Gasteiger partial charge in [0.05, 0.1) is 11.4 Å². The minimum absolute atomic E-state index is 0.166. The highest BCUT2D eigenvalue weighted by Gasteiger charge is 2.24. The minimum Gasteiger partial charge on any atom is -0.343 e. The molecule has 0 bridgehead atoms. The predicted molar refractivity (Wildman–Crippen MR) is 82.1 cm³/mol. The Morgan fingerprint density at radius 2 is 1.86 bits per heavy atom. The number of aromatic nitrogens is 4. The van der Waals surface area contributed by atoms with Gasteiger partial charge in [0.15, 0.2) is 11.4 Å². The van der Waals surface area contributed by atoms with Crippen molar-refractivity contribution in [3.05, 3.63) is 28.3 Å². The average Bonchev–Trinajstić information content (AvgIpc) is 2.92. The second kappa shape index (κ2) is 5.80. The van der Waals surface area contributed by atoms with E-state index < -0.39 is 5.91 Å². The SMILES string of the molecule is Cc1c(NC(=O)c2cc(Cl)n(C)n2)c(C(=O)N(C)C)nn1C. The van der Waals surface area contributed by atoms with Crippen LogP contribution in [0.3, 0.4) is 0 Å². The molecule has 0 aliphatic carbocycles. The first-order valence-corrected chi connectivity index (χ1v) is 6.86. The summed E-state index contributed by atoms with van der Waals surface area (Å²) >= 11 is 5.88. The fraction of sp³-hybridized carbons (Fsp3) is 0.385. The van der Waals surface area contributed by atoms with E-state index in [2.05, 4.69) is 15.5 Å². The molecule has 0 aromatic carbocycles. The van der Waals surface area contributed by atoms with Gasteiger partial charge >= 0.3 is 0 Å². The van der Waals surface area contributed by atoms with Gasteiger partial charge in [-0.05, 0) is 6.92 Å². The molecule has 0 fully saturated rings. The van der Waals surface area contributed by atoms with Crippen molar-refractivity contribution in [1.82, 2.24) is 24.5 Å². The second-order valence-corrected chi connectivity index (χ2v) is 5.45. The van der Waals surface area contributed by atoms with Crippen LogP contribution < -0.4 is 5.32 Å². The minimum atomic E-state index is -0.452. The number of carbonyl (C=O) groups is 2. The Bertz CT molecular complexity index is 727. The van der Waals surface area contributed by atoms with E-state index in [0.29, 0.717) is 16.5 Å². The summed E-state index contributed by atoms with van der Waals surface area (Å²) in [6.07, 6.45) is 0. The van der Waals surface area contributed by atoms with Gasteiger partial charge in [-0.25, -0.2) is 0 Å². The molecule has 1 N–H and O–H groups in total. The summed E-state index contributed by atoms with van der Waals surface area (Å²) < 4.78 is 2.93. The lowest BCUT2D eigenvalue weighted by Crippen LogP contribution is -2.24. The molecule has 0 aliphatic rings. The van der Waals surface area contributed by atoms with E-state index in [1.165, 1.54) is 20.3 Å². The number of nitrogens with one attached hydrogen (secondary N) is 1. The molecule has 0 saturated heterocycles. The van der Waals surface area contributed by atoms with Crippen LogP contribution in [-0.2, 0) is 14.1 Å². The van der Waals surface area contributed by atoms with Gasteiger partial charge in [-0.1, -0.05) is 11.6 Å². The summed E-state index contributed by atoms with van der Waals surface area (Å²) in [5.41, 5.74) is 1.38. The number of rotatable bonds is 3. The summed E-state index contributed by atoms with van der Waals surface area (Å²) in [7, 11) is 6.58. The topological polar surface area (TPSA) is 85.1 Å². The number of amides is 2. The highest BCUT2D eigenvalue weighted by Crippen LogP contribution is 2.21. The van der Waals surface area contributed by atoms with Gasteiger partial charge in [0.2, 0.25) is 0 Å². The molecular formula is C13H17ClN6O2. The van der Waals surface area contributed by atoms with E-state index in [9.17, 15) is 9.59 Å². The highest BCUT2D eigenvalue weighted by molar-refractivity contribution is 6.30. The van der Waals surface area contributed by atoms with Crippen molar-refractivity contribution in [3.63, 3.8) is 0 Å². The molecule has 0 spiro atoms. The molecule has 9 heteroatoms. The molecule has 2 amide bonds. The van der Waals surface area contributed by atoms with Crippen LogP contribution in [-0.4, -0.2) is 50.4 Å². The Kier molecular flexibility index (Phi) is 4.23. The van der Waals surface area contributed by atoms with Crippen molar-refractivity contribution in [2.75, 3.05) is 19.4 Å². The molecule has 8 nitrogen and oxygen atoms in total. The summed E-state index contributed by atoms with van der Waals surface area (Å²) in [5.74, 6) is -0.746. The molecule has 2 rings (SSSR count). The highest BCUT2D eigenvalue weighted by atomic mass is 35.5. The molecular weight excluding hydrogens is 308 g/mol. The van der Waals surface area contributed by atoms with Gasteiger partial charge in [-0.15, -0.1) is 0 Å². The van der Waals surface area contributed by atoms with E-state index in [4.69, 9.17) is 11.6 Å². The third-order valence-electron chi connectivity index (χ3n) is 3.24. The summed E-state index contributed by atoms with van der Waals surface area (Å²) in [6.45, 7) is 1.76. The van der Waals surface area contributed by atoms with Crippen molar-refractivity contribution >= 4 is 29.1 Å². The smallest absolute Gasteiger partial charge is 0.276 e. The van der Waals surface area contributed by atoms with Crippen molar-refractivity contribution in [1.29, 1.82) is 0 Å². The molecule has 2 aromatic rings. The van der Waals surface area contributed by atoms with E-state index in [-0.39, 0.29) is 17.3 Å². The number of hydrogen-bond donors (Lipinski definition) is 1. The van der Waals surface area contributed by atoms with Gasteiger partial charge in [0, 0.05) is 34.3 Å². The molecule has 0 atom stereocenters. The normalized spacial score (nSPS) is 10.6. The van der Waals surface area contributed by atoms with Crippen LogP contribution in [0.2, 0.25) is 5.15 Å². The van der Waals surface area contributed by atoms with E-state index >= 15 is 0 Å². The van der Waals surface area contributed by atoms with Crippen LogP contribution >= 0.6 is 11.6 Å². The molecule has 2 aromatic heterocycles. The van der Waals surface area contributed by atoms with E-state index in [1.807, 2.05) is 0 Å². The van der Waals surface area contributed by atoms with Crippen molar-refractivity contribution < 1.29 is 9.59 Å². The molecule has 22 heavy (non-hydrogen) atoms. The summed E-state index contributed by atoms with van der Waals surface area (Å²) in [4.78, 5) is 25.8. The molecule has 0 saturated carbocycles. The van der Waals surface area contributed by atoms with E-state index in [1.54, 1.807) is 35.1 Å². The van der Waals surface area contributed by atoms with Gasteiger partial charge < -0.3 is 10.2 Å². The summed E-state index contributed by atoms with van der Waals surface area (Å²) in [6, 6.07) is 1.45. The fourth-order valence-electron chi connectivity index (χ4n) is 1.85. The Labute approximate surface area is 132 Å². The molecule has 2 heterocycles. The molecule has 0 radical (unpaired) electrons. The largest absolute Gasteiger partial charge is 0.343 e. The fourth-order valence-corrected chi connectivity index (χ4v) is 1.99. The number of hydrogen-bond acceptors (Lipinski definition) is 4. The summed E-state index contributed by atoms with van der Waals surface area (Å²) in [5, 5.41) is 11.2. The quantitative estimate of drug-likeness (QED) is 0.915. The lowest BCUT2D eigenvalue weighted by molar-refractivity contribution is 0.0822. The van der Waals surface area contributed by atoms with Crippen molar-refractivity contribution in [2.24, 2.45) is 14.1 Å². The maximum Gasteiger partial charge on any atom is 0.276 e.